The van der Waals surface area contributed by atoms with Gasteiger partial charge in [-0.1, -0.05) is 12.8 Å². The lowest BCUT2D eigenvalue weighted by molar-refractivity contribution is 0.175. The molecular weight excluding hydrogens is 204 g/mol. The van der Waals surface area contributed by atoms with Crippen LogP contribution in [0.4, 0.5) is 0 Å². The third-order valence-corrected chi connectivity index (χ3v) is 2.93. The average Bonchev–Trinajstić information content (AvgIpc) is 2.44. The molecule has 0 unspecified atom stereocenters. The van der Waals surface area contributed by atoms with Crippen molar-refractivity contribution in [2.24, 2.45) is 0 Å². The summed E-state index contributed by atoms with van der Waals surface area (Å²) >= 11 is 0. The van der Waals surface area contributed by atoms with Crippen LogP contribution >= 0.6 is 0 Å². The fraction of sp³-hybridized carbons (Fsp3) is 0.667. The van der Waals surface area contributed by atoms with Gasteiger partial charge in [0, 0.05) is 0 Å². The number of aryl methyl sites for hydroxylation is 1. The summed E-state index contributed by atoms with van der Waals surface area (Å²) in [6, 6.07) is 1.43. The summed E-state index contributed by atoms with van der Waals surface area (Å²) in [5, 5.41) is 0. The average molecular weight is 222 g/mol. The second-order valence-corrected chi connectivity index (χ2v) is 4.40. The minimum atomic E-state index is -0.142. The monoisotopic (exact) mass is 222 g/mol. The van der Waals surface area contributed by atoms with Crippen molar-refractivity contribution in [3.63, 3.8) is 0 Å². The quantitative estimate of drug-likeness (QED) is 0.780. The maximum absolute atomic E-state index is 11.2. The normalized spacial score (nSPS) is 18.1. The predicted molar refractivity (Wildman–Crippen MR) is 61.7 cm³/mol. The van der Waals surface area contributed by atoms with E-state index in [1.807, 2.05) is 0 Å². The van der Waals surface area contributed by atoms with E-state index in [-0.39, 0.29) is 11.7 Å². The van der Waals surface area contributed by atoms with E-state index in [9.17, 15) is 4.79 Å². The van der Waals surface area contributed by atoms with Crippen molar-refractivity contribution < 1.29 is 4.74 Å². The van der Waals surface area contributed by atoms with E-state index in [0.717, 1.165) is 12.8 Å². The number of hydrogen-bond donors (Lipinski definition) is 1. The number of aromatic nitrogens is 2. The maximum Gasteiger partial charge on any atom is 0.254 e. The molecule has 1 fully saturated rings. The number of ether oxygens (including phenoxy) is 1. The predicted octanol–water partition coefficient (Wildman–Crippen LogP) is 2.18. The molecule has 1 aliphatic rings. The molecule has 0 bridgehead atoms. The summed E-state index contributed by atoms with van der Waals surface area (Å²) in [5.74, 6) is 1.07. The van der Waals surface area contributed by atoms with Crippen LogP contribution in [-0.4, -0.2) is 16.1 Å². The molecule has 1 N–H and O–H groups in total. The van der Waals surface area contributed by atoms with Crippen molar-refractivity contribution in [2.75, 3.05) is 0 Å². The molecule has 16 heavy (non-hydrogen) atoms. The molecule has 0 saturated heterocycles. The Morgan fingerprint density at radius 2 is 2.00 bits per heavy atom. The van der Waals surface area contributed by atoms with Gasteiger partial charge < -0.3 is 9.72 Å². The highest BCUT2D eigenvalue weighted by molar-refractivity contribution is 5.08. The molecule has 4 heteroatoms. The molecule has 1 aromatic heterocycles. The smallest absolute Gasteiger partial charge is 0.254 e. The molecule has 2 rings (SSSR count). The second-order valence-electron chi connectivity index (χ2n) is 4.40. The molecule has 0 aliphatic heterocycles. The number of nitrogens with one attached hydrogen (secondary N) is 1. The highest BCUT2D eigenvalue weighted by atomic mass is 16.5. The Labute approximate surface area is 95.1 Å². The molecule has 1 aliphatic carbocycles. The topological polar surface area (TPSA) is 55.0 Å². The summed E-state index contributed by atoms with van der Waals surface area (Å²) in [6.07, 6.45) is 7.40. The van der Waals surface area contributed by atoms with Crippen molar-refractivity contribution in [3.8, 4) is 5.88 Å². The van der Waals surface area contributed by atoms with E-state index in [1.165, 1.54) is 31.7 Å². The van der Waals surface area contributed by atoms with Crippen LogP contribution in [0.5, 0.6) is 5.88 Å². The van der Waals surface area contributed by atoms with Crippen molar-refractivity contribution in [1.29, 1.82) is 0 Å². The fourth-order valence-corrected chi connectivity index (χ4v) is 2.14. The Balaban J connectivity index is 2.04. The zero-order valence-corrected chi connectivity index (χ0v) is 9.66. The largest absolute Gasteiger partial charge is 0.474 e. The lowest BCUT2D eigenvalue weighted by Crippen LogP contribution is -2.18. The van der Waals surface area contributed by atoms with E-state index in [1.54, 1.807) is 6.92 Å². The lowest BCUT2D eigenvalue weighted by Gasteiger charge is -2.15. The molecule has 0 amide bonds. The summed E-state index contributed by atoms with van der Waals surface area (Å²) in [7, 11) is 0. The van der Waals surface area contributed by atoms with E-state index >= 15 is 0 Å². The van der Waals surface area contributed by atoms with Crippen LogP contribution in [0.1, 0.15) is 44.3 Å². The Kier molecular flexibility index (Phi) is 3.59. The highest BCUT2D eigenvalue weighted by Crippen LogP contribution is 2.20. The molecule has 1 saturated carbocycles. The van der Waals surface area contributed by atoms with E-state index in [2.05, 4.69) is 9.97 Å². The number of aromatic amines is 1. The van der Waals surface area contributed by atoms with E-state index < -0.39 is 0 Å². The third-order valence-electron chi connectivity index (χ3n) is 2.93. The van der Waals surface area contributed by atoms with Gasteiger partial charge in [0.05, 0.1) is 6.07 Å². The van der Waals surface area contributed by atoms with Crippen LogP contribution in [0.15, 0.2) is 10.9 Å². The number of rotatable bonds is 2. The van der Waals surface area contributed by atoms with Gasteiger partial charge in [0.25, 0.3) is 5.56 Å². The van der Waals surface area contributed by atoms with Crippen LogP contribution in [0, 0.1) is 6.92 Å². The molecule has 1 heterocycles. The van der Waals surface area contributed by atoms with Crippen LogP contribution in [-0.2, 0) is 0 Å². The number of H-pyrrole nitrogens is 1. The molecular formula is C12H18N2O2. The first kappa shape index (κ1) is 11.2. The van der Waals surface area contributed by atoms with Crippen molar-refractivity contribution in [1.82, 2.24) is 9.97 Å². The second kappa shape index (κ2) is 5.14. The van der Waals surface area contributed by atoms with Gasteiger partial charge in [-0.25, -0.2) is 4.98 Å². The summed E-state index contributed by atoms with van der Waals surface area (Å²) < 4.78 is 5.77. The maximum atomic E-state index is 11.2. The van der Waals surface area contributed by atoms with Gasteiger partial charge in [-0.05, 0) is 32.6 Å². The van der Waals surface area contributed by atoms with Gasteiger partial charge in [-0.2, -0.15) is 0 Å². The van der Waals surface area contributed by atoms with Crippen LogP contribution in [0.3, 0.4) is 0 Å². The standard InChI is InChI=1S/C12H18N2O2/c1-9-13-11(15)8-12(14-9)16-10-6-4-2-3-5-7-10/h8,10H,2-7H2,1H3,(H,13,14,15). The highest BCUT2D eigenvalue weighted by Gasteiger charge is 2.14. The molecule has 1 aromatic rings. The minimum Gasteiger partial charge on any atom is -0.474 e. The van der Waals surface area contributed by atoms with Crippen molar-refractivity contribution >= 4 is 0 Å². The lowest BCUT2D eigenvalue weighted by atomic mass is 10.1. The molecule has 0 aromatic carbocycles. The van der Waals surface area contributed by atoms with Crippen molar-refractivity contribution in [3.05, 3.63) is 22.2 Å². The first-order valence-electron chi connectivity index (χ1n) is 5.99. The Morgan fingerprint density at radius 1 is 1.31 bits per heavy atom. The summed E-state index contributed by atoms with van der Waals surface area (Å²) in [6.45, 7) is 1.77. The summed E-state index contributed by atoms with van der Waals surface area (Å²) in [5.41, 5.74) is -0.142. The molecule has 0 radical (unpaired) electrons. The zero-order chi connectivity index (χ0) is 11.4. The molecule has 0 atom stereocenters. The van der Waals surface area contributed by atoms with Gasteiger partial charge in [0.15, 0.2) is 0 Å². The number of hydrogen-bond acceptors (Lipinski definition) is 3. The Hall–Kier alpha value is -1.32. The molecule has 88 valence electrons. The number of nitrogens with zero attached hydrogens (tertiary/aromatic N) is 1. The first-order chi connectivity index (χ1) is 7.74. The van der Waals surface area contributed by atoms with Gasteiger partial charge in [0.1, 0.15) is 11.9 Å². The Bertz CT molecular complexity index is 392. The van der Waals surface area contributed by atoms with E-state index in [0.29, 0.717) is 11.7 Å². The van der Waals surface area contributed by atoms with Crippen LogP contribution in [0.2, 0.25) is 0 Å². The van der Waals surface area contributed by atoms with Gasteiger partial charge in [0.2, 0.25) is 5.88 Å². The van der Waals surface area contributed by atoms with Gasteiger partial charge in [-0.15, -0.1) is 0 Å². The van der Waals surface area contributed by atoms with Gasteiger partial charge in [-0.3, -0.25) is 4.79 Å². The summed E-state index contributed by atoms with van der Waals surface area (Å²) in [4.78, 5) is 18.0. The molecule has 0 spiro atoms. The third kappa shape index (κ3) is 3.08. The van der Waals surface area contributed by atoms with Crippen molar-refractivity contribution in [2.45, 2.75) is 51.6 Å². The fourth-order valence-electron chi connectivity index (χ4n) is 2.14. The first-order valence-corrected chi connectivity index (χ1v) is 5.99. The van der Waals surface area contributed by atoms with E-state index in [4.69, 9.17) is 4.74 Å². The SMILES string of the molecule is Cc1nc(OC2CCCCCC2)cc(=O)[nH]1. The van der Waals surface area contributed by atoms with Gasteiger partial charge >= 0.3 is 0 Å². The van der Waals surface area contributed by atoms with Crippen LogP contribution in [0.25, 0.3) is 0 Å². The molecule has 4 nitrogen and oxygen atoms in total. The minimum absolute atomic E-state index is 0.142. The Morgan fingerprint density at radius 3 is 2.62 bits per heavy atom. The zero-order valence-electron chi connectivity index (χ0n) is 9.66. The van der Waals surface area contributed by atoms with Crippen LogP contribution < -0.4 is 10.3 Å².